The van der Waals surface area contributed by atoms with E-state index in [0.29, 0.717) is 23.1 Å². The van der Waals surface area contributed by atoms with Gasteiger partial charge in [0.05, 0.1) is 17.1 Å². The quantitative estimate of drug-likeness (QED) is 0.616. The van der Waals surface area contributed by atoms with Crippen LogP contribution in [0, 0.1) is 0 Å². The number of carbonyl (C=O) groups is 1. The number of thioether (sulfide) groups is 1. The van der Waals surface area contributed by atoms with Crippen LogP contribution in [0.5, 0.6) is 5.75 Å². The summed E-state index contributed by atoms with van der Waals surface area (Å²) in [6.45, 7) is 0.558. The third-order valence-corrected chi connectivity index (χ3v) is 7.45. The van der Waals surface area contributed by atoms with E-state index < -0.39 is 10.0 Å². The van der Waals surface area contributed by atoms with E-state index >= 15 is 0 Å². The number of hydrogen-bond donors (Lipinski definition) is 1. The van der Waals surface area contributed by atoms with Crippen molar-refractivity contribution in [3.63, 3.8) is 0 Å². The highest BCUT2D eigenvalue weighted by molar-refractivity contribution is 8.14. The summed E-state index contributed by atoms with van der Waals surface area (Å²) in [6, 6.07) is 19.2. The van der Waals surface area contributed by atoms with Gasteiger partial charge in [0.25, 0.3) is 15.9 Å². The molecule has 3 aromatic rings. The van der Waals surface area contributed by atoms with Crippen molar-refractivity contribution in [2.45, 2.75) is 4.90 Å². The van der Waals surface area contributed by atoms with Gasteiger partial charge in [-0.15, -0.1) is 0 Å². The third kappa shape index (κ3) is 4.83. The number of nitrogens with zero attached hydrogens (tertiary/aromatic N) is 2. The zero-order valence-corrected chi connectivity index (χ0v) is 18.4. The van der Waals surface area contributed by atoms with Gasteiger partial charge in [-0.05, 0) is 47.2 Å². The number of ether oxygens (including phenoxy) is 1. The fraction of sp³-hybridized carbons (Fsp3) is 0.182. The van der Waals surface area contributed by atoms with E-state index in [2.05, 4.69) is 10.3 Å². The van der Waals surface area contributed by atoms with Crippen LogP contribution in [-0.4, -0.2) is 45.4 Å². The molecule has 0 aromatic heterocycles. The second-order valence-corrected chi connectivity index (χ2v) is 9.90. The first-order chi connectivity index (χ1) is 14.9. The molecule has 31 heavy (non-hydrogen) atoms. The number of aliphatic imine (C=N–C) groups is 1. The van der Waals surface area contributed by atoms with Crippen molar-refractivity contribution in [2.24, 2.45) is 4.99 Å². The van der Waals surface area contributed by atoms with Crippen LogP contribution >= 0.6 is 11.8 Å². The molecule has 9 heteroatoms. The van der Waals surface area contributed by atoms with Crippen LogP contribution < -0.4 is 14.4 Å². The lowest BCUT2D eigenvalue weighted by Crippen LogP contribution is -2.32. The average Bonchev–Trinajstić information content (AvgIpc) is 3.30. The van der Waals surface area contributed by atoms with E-state index in [0.717, 1.165) is 16.5 Å². The van der Waals surface area contributed by atoms with Gasteiger partial charge >= 0.3 is 0 Å². The molecule has 3 aromatic carbocycles. The molecule has 0 aliphatic carbocycles. The van der Waals surface area contributed by atoms with Crippen molar-refractivity contribution in [1.29, 1.82) is 0 Å². The first-order valence-corrected chi connectivity index (χ1v) is 12.0. The van der Waals surface area contributed by atoms with Gasteiger partial charge in [0.1, 0.15) is 5.75 Å². The van der Waals surface area contributed by atoms with E-state index in [4.69, 9.17) is 4.74 Å². The summed E-state index contributed by atoms with van der Waals surface area (Å²) in [6.07, 6.45) is 0. The predicted octanol–water partition coefficient (Wildman–Crippen LogP) is 3.26. The minimum Gasteiger partial charge on any atom is -0.484 e. The Labute approximate surface area is 185 Å². The summed E-state index contributed by atoms with van der Waals surface area (Å²) < 4.78 is 32.9. The number of rotatable bonds is 6. The van der Waals surface area contributed by atoms with Gasteiger partial charge in [0, 0.05) is 12.8 Å². The molecular weight excluding hydrogens is 434 g/mol. The summed E-state index contributed by atoms with van der Waals surface area (Å²) in [5.74, 6) is 1.05. The Morgan fingerprint density at radius 2 is 1.84 bits per heavy atom. The normalized spacial score (nSPS) is 13.6. The first kappa shape index (κ1) is 21.2. The monoisotopic (exact) mass is 455 g/mol. The number of fused-ring (bicyclic) bond motifs is 1. The van der Waals surface area contributed by atoms with E-state index in [1.165, 1.54) is 23.1 Å². The van der Waals surface area contributed by atoms with Crippen molar-refractivity contribution in [3.05, 3.63) is 66.7 Å². The molecule has 0 saturated carbocycles. The van der Waals surface area contributed by atoms with E-state index in [-0.39, 0.29) is 17.4 Å². The third-order valence-electron chi connectivity index (χ3n) is 4.78. The highest BCUT2D eigenvalue weighted by atomic mass is 32.2. The maximum absolute atomic E-state index is 13.1. The lowest BCUT2D eigenvalue weighted by Gasteiger charge is -2.20. The van der Waals surface area contributed by atoms with E-state index in [1.807, 2.05) is 24.3 Å². The van der Waals surface area contributed by atoms with Crippen LogP contribution in [0.15, 0.2) is 76.6 Å². The molecule has 0 bridgehead atoms. The number of nitrogens with one attached hydrogen (secondary N) is 1. The SMILES string of the molecule is CN(c1ccc(OCC(=O)NC2=NCCS2)cc1)S(=O)(=O)c1ccc2ccccc2c1. The molecule has 0 atom stereocenters. The van der Waals surface area contributed by atoms with Gasteiger partial charge < -0.3 is 10.1 Å². The maximum atomic E-state index is 13.1. The molecule has 1 aliphatic heterocycles. The summed E-state index contributed by atoms with van der Waals surface area (Å²) >= 11 is 1.50. The van der Waals surface area contributed by atoms with E-state index in [9.17, 15) is 13.2 Å². The molecule has 0 spiro atoms. The second kappa shape index (κ2) is 8.99. The number of carbonyl (C=O) groups excluding carboxylic acids is 1. The molecule has 7 nitrogen and oxygen atoms in total. The Bertz CT molecular complexity index is 1240. The number of anilines is 1. The Morgan fingerprint density at radius 3 is 2.55 bits per heavy atom. The van der Waals surface area contributed by atoms with Gasteiger partial charge in [-0.3, -0.25) is 14.1 Å². The van der Waals surface area contributed by atoms with Gasteiger partial charge in [-0.25, -0.2) is 8.42 Å². The molecule has 1 N–H and O–H groups in total. The number of benzene rings is 3. The van der Waals surface area contributed by atoms with Crippen LogP contribution in [0.1, 0.15) is 0 Å². The van der Waals surface area contributed by atoms with Gasteiger partial charge in [-0.2, -0.15) is 0 Å². The van der Waals surface area contributed by atoms with Crippen molar-refractivity contribution in [1.82, 2.24) is 5.32 Å². The minimum atomic E-state index is -3.72. The van der Waals surface area contributed by atoms with Crippen LogP contribution in [-0.2, 0) is 14.8 Å². The molecule has 1 aliphatic rings. The number of hydrogen-bond acceptors (Lipinski definition) is 6. The molecule has 4 rings (SSSR count). The van der Waals surface area contributed by atoms with Crippen LogP contribution in [0.3, 0.4) is 0 Å². The van der Waals surface area contributed by atoms with Crippen molar-refractivity contribution in [3.8, 4) is 5.75 Å². The Balaban J connectivity index is 1.43. The molecular formula is C22H21N3O4S2. The minimum absolute atomic E-state index is 0.149. The first-order valence-electron chi connectivity index (χ1n) is 9.61. The van der Waals surface area contributed by atoms with Crippen LogP contribution in [0.4, 0.5) is 5.69 Å². The fourth-order valence-electron chi connectivity index (χ4n) is 3.09. The van der Waals surface area contributed by atoms with Crippen molar-refractivity contribution >= 4 is 49.3 Å². The van der Waals surface area contributed by atoms with E-state index in [1.54, 1.807) is 42.5 Å². The number of amidine groups is 1. The Hall–Kier alpha value is -3.04. The van der Waals surface area contributed by atoms with Crippen molar-refractivity contribution in [2.75, 3.05) is 30.3 Å². The lowest BCUT2D eigenvalue weighted by atomic mass is 10.1. The van der Waals surface area contributed by atoms with Crippen LogP contribution in [0.2, 0.25) is 0 Å². The maximum Gasteiger partial charge on any atom is 0.264 e. The molecule has 0 radical (unpaired) electrons. The largest absolute Gasteiger partial charge is 0.484 e. The van der Waals surface area contributed by atoms with Gasteiger partial charge in [-0.1, -0.05) is 42.1 Å². The summed E-state index contributed by atoms with van der Waals surface area (Å²) in [7, 11) is -2.21. The summed E-state index contributed by atoms with van der Waals surface area (Å²) in [5, 5.41) is 5.15. The number of sulfonamides is 1. The summed E-state index contributed by atoms with van der Waals surface area (Å²) in [4.78, 5) is 16.3. The smallest absolute Gasteiger partial charge is 0.264 e. The molecule has 0 saturated heterocycles. The van der Waals surface area contributed by atoms with Gasteiger partial charge in [0.2, 0.25) is 0 Å². The summed E-state index contributed by atoms with van der Waals surface area (Å²) in [5.41, 5.74) is 0.488. The fourth-order valence-corrected chi connectivity index (χ4v) is 5.07. The zero-order valence-electron chi connectivity index (χ0n) is 16.8. The lowest BCUT2D eigenvalue weighted by molar-refractivity contribution is -0.121. The second-order valence-electron chi connectivity index (χ2n) is 6.85. The highest BCUT2D eigenvalue weighted by Crippen LogP contribution is 2.26. The number of amides is 1. The average molecular weight is 456 g/mol. The molecule has 0 fully saturated rings. The molecule has 1 heterocycles. The highest BCUT2D eigenvalue weighted by Gasteiger charge is 2.21. The molecule has 160 valence electrons. The standard InChI is InChI=1S/C22H21N3O4S2/c1-25(31(27,28)20-11-6-16-4-2-3-5-17(16)14-20)18-7-9-19(10-8-18)29-15-21(26)24-22-23-12-13-30-22/h2-11,14H,12-13,15H2,1H3,(H,23,24,26). The predicted molar refractivity (Wildman–Crippen MR) is 124 cm³/mol. The molecule has 0 unspecified atom stereocenters. The van der Waals surface area contributed by atoms with Crippen LogP contribution in [0.25, 0.3) is 10.8 Å². The molecule has 1 amide bonds. The zero-order chi connectivity index (χ0) is 21.8. The Kier molecular flexibility index (Phi) is 6.15. The van der Waals surface area contributed by atoms with Gasteiger partial charge in [0.15, 0.2) is 11.8 Å². The topological polar surface area (TPSA) is 88.1 Å². The van der Waals surface area contributed by atoms with Crippen molar-refractivity contribution < 1.29 is 17.9 Å². The Morgan fingerprint density at radius 1 is 1.10 bits per heavy atom.